The van der Waals surface area contributed by atoms with Crippen molar-refractivity contribution in [1.82, 2.24) is 5.32 Å². The number of amides is 1. The number of rotatable bonds is 7. The molecule has 0 radical (unpaired) electrons. The van der Waals surface area contributed by atoms with E-state index in [2.05, 4.69) is 44.3 Å². The molecule has 0 saturated heterocycles. The van der Waals surface area contributed by atoms with Crippen LogP contribution in [0, 0.1) is 13.8 Å². The van der Waals surface area contributed by atoms with Crippen LogP contribution < -0.4 is 10.1 Å². The van der Waals surface area contributed by atoms with Crippen molar-refractivity contribution >= 4 is 17.5 Å². The maximum absolute atomic E-state index is 12.7. The lowest BCUT2D eigenvalue weighted by atomic mass is 9.97. The Balaban J connectivity index is 2.09. The summed E-state index contributed by atoms with van der Waals surface area (Å²) in [5.41, 5.74) is 3.57. The van der Waals surface area contributed by atoms with Gasteiger partial charge >= 0.3 is 0 Å². The van der Waals surface area contributed by atoms with Crippen LogP contribution in [0.25, 0.3) is 0 Å². The largest absolute Gasteiger partial charge is 0.481 e. The summed E-state index contributed by atoms with van der Waals surface area (Å²) in [5.74, 6) is 0.551. The van der Waals surface area contributed by atoms with Gasteiger partial charge in [-0.3, -0.25) is 4.79 Å². The Kier molecular flexibility index (Phi) is 6.89. The first-order valence-corrected chi connectivity index (χ1v) is 9.12. The van der Waals surface area contributed by atoms with Gasteiger partial charge in [-0.15, -0.1) is 0 Å². The lowest BCUT2D eigenvalue weighted by Crippen LogP contribution is -2.40. The van der Waals surface area contributed by atoms with Crippen molar-refractivity contribution < 1.29 is 9.53 Å². The highest BCUT2D eigenvalue weighted by Gasteiger charge is 2.22. The van der Waals surface area contributed by atoms with E-state index in [1.165, 1.54) is 11.1 Å². The van der Waals surface area contributed by atoms with Crippen LogP contribution in [-0.4, -0.2) is 12.0 Å². The summed E-state index contributed by atoms with van der Waals surface area (Å²) >= 11 is 5.89. The SMILES string of the molecule is CCC(Oc1ccc(Cl)cc1)C(=O)NC(CC)c1ccc(C)cc1C. The number of hydrogen-bond acceptors (Lipinski definition) is 2. The number of hydrogen-bond donors (Lipinski definition) is 1. The third-order valence-electron chi connectivity index (χ3n) is 4.28. The molecule has 0 saturated carbocycles. The summed E-state index contributed by atoms with van der Waals surface area (Å²) in [6.45, 7) is 8.17. The van der Waals surface area contributed by atoms with Crippen molar-refractivity contribution in [2.75, 3.05) is 0 Å². The second kappa shape index (κ2) is 8.91. The molecule has 3 nitrogen and oxygen atoms in total. The fraction of sp³-hybridized carbons (Fsp3) is 0.381. The van der Waals surface area contributed by atoms with Gasteiger partial charge in [-0.25, -0.2) is 0 Å². The van der Waals surface area contributed by atoms with Crippen molar-refractivity contribution in [3.8, 4) is 5.75 Å². The molecular weight excluding hydrogens is 334 g/mol. The van der Waals surface area contributed by atoms with Gasteiger partial charge in [0.15, 0.2) is 6.10 Å². The van der Waals surface area contributed by atoms with Crippen LogP contribution in [0.15, 0.2) is 42.5 Å². The van der Waals surface area contributed by atoms with E-state index in [4.69, 9.17) is 16.3 Å². The van der Waals surface area contributed by atoms with E-state index in [0.717, 1.165) is 12.0 Å². The number of aryl methyl sites for hydroxylation is 2. The first-order valence-electron chi connectivity index (χ1n) is 8.74. The molecule has 2 aromatic rings. The van der Waals surface area contributed by atoms with Crippen LogP contribution >= 0.6 is 11.6 Å². The minimum Gasteiger partial charge on any atom is -0.481 e. The number of benzene rings is 2. The second-order valence-electron chi connectivity index (χ2n) is 6.30. The Hall–Kier alpha value is -2.00. The topological polar surface area (TPSA) is 38.3 Å². The van der Waals surface area contributed by atoms with Gasteiger partial charge in [-0.2, -0.15) is 0 Å². The van der Waals surface area contributed by atoms with Crippen molar-refractivity contribution in [1.29, 1.82) is 0 Å². The zero-order chi connectivity index (χ0) is 18.4. The smallest absolute Gasteiger partial charge is 0.261 e. The summed E-state index contributed by atoms with van der Waals surface area (Å²) in [5, 5.41) is 3.78. The van der Waals surface area contributed by atoms with Gasteiger partial charge in [0.05, 0.1) is 6.04 Å². The molecule has 25 heavy (non-hydrogen) atoms. The minimum absolute atomic E-state index is 0.0176. The van der Waals surface area contributed by atoms with Crippen molar-refractivity contribution in [3.05, 3.63) is 64.2 Å². The molecule has 0 aliphatic carbocycles. The van der Waals surface area contributed by atoms with Crippen LogP contribution in [0.3, 0.4) is 0 Å². The average Bonchev–Trinajstić information content (AvgIpc) is 2.59. The Morgan fingerprint density at radius 2 is 1.76 bits per heavy atom. The molecule has 4 heteroatoms. The van der Waals surface area contributed by atoms with Crippen LogP contribution in [0.2, 0.25) is 5.02 Å². The maximum atomic E-state index is 12.7. The third kappa shape index (κ3) is 5.23. The summed E-state index contributed by atoms with van der Waals surface area (Å²) in [7, 11) is 0. The molecule has 134 valence electrons. The fourth-order valence-corrected chi connectivity index (χ4v) is 3.01. The van der Waals surface area contributed by atoms with Crippen molar-refractivity contribution in [3.63, 3.8) is 0 Å². The van der Waals surface area contributed by atoms with Crippen molar-refractivity contribution in [2.45, 2.75) is 52.7 Å². The average molecular weight is 360 g/mol. The molecule has 0 fully saturated rings. The zero-order valence-electron chi connectivity index (χ0n) is 15.3. The van der Waals surface area contributed by atoms with Gasteiger partial charge in [0.25, 0.3) is 5.91 Å². The van der Waals surface area contributed by atoms with E-state index >= 15 is 0 Å². The summed E-state index contributed by atoms with van der Waals surface area (Å²) in [6, 6.07) is 13.4. The maximum Gasteiger partial charge on any atom is 0.261 e. The number of ether oxygens (including phenoxy) is 1. The van der Waals surface area contributed by atoms with Gasteiger partial charge in [0.2, 0.25) is 0 Å². The van der Waals surface area contributed by atoms with Crippen LogP contribution in [0.5, 0.6) is 5.75 Å². The normalized spacial score (nSPS) is 13.2. The van der Waals surface area contributed by atoms with Gasteiger partial charge in [-0.1, -0.05) is 49.2 Å². The predicted molar refractivity (Wildman–Crippen MR) is 103 cm³/mol. The van der Waals surface area contributed by atoms with Gasteiger partial charge < -0.3 is 10.1 Å². The molecule has 0 spiro atoms. The van der Waals surface area contributed by atoms with Gasteiger partial charge in [0, 0.05) is 5.02 Å². The van der Waals surface area contributed by atoms with E-state index in [1.54, 1.807) is 24.3 Å². The molecule has 0 aliphatic rings. The lowest BCUT2D eigenvalue weighted by Gasteiger charge is -2.23. The first kappa shape index (κ1) is 19.3. The first-order chi connectivity index (χ1) is 11.9. The van der Waals surface area contributed by atoms with E-state index in [-0.39, 0.29) is 11.9 Å². The zero-order valence-corrected chi connectivity index (χ0v) is 16.1. The van der Waals surface area contributed by atoms with E-state index in [9.17, 15) is 4.79 Å². The third-order valence-corrected chi connectivity index (χ3v) is 4.53. The number of carbonyl (C=O) groups excluding carboxylic acids is 1. The van der Waals surface area contributed by atoms with E-state index in [1.807, 2.05) is 6.92 Å². The van der Waals surface area contributed by atoms with Crippen LogP contribution in [0.4, 0.5) is 0 Å². The molecule has 2 unspecified atom stereocenters. The molecule has 0 bridgehead atoms. The molecule has 0 heterocycles. The molecule has 0 aliphatic heterocycles. The number of halogens is 1. The molecule has 2 aromatic carbocycles. The molecule has 1 N–H and O–H groups in total. The van der Waals surface area contributed by atoms with Crippen LogP contribution in [-0.2, 0) is 4.79 Å². The summed E-state index contributed by atoms with van der Waals surface area (Å²) in [4.78, 5) is 12.7. The standard InChI is InChI=1S/C21H26ClNO2/c1-5-19(18-12-7-14(3)13-15(18)4)23-21(24)20(6-2)25-17-10-8-16(22)9-11-17/h7-13,19-20H,5-6H2,1-4H3,(H,23,24). The molecule has 1 amide bonds. The second-order valence-corrected chi connectivity index (χ2v) is 6.73. The van der Waals surface area contributed by atoms with Gasteiger partial charge in [-0.05, 0) is 62.1 Å². The van der Waals surface area contributed by atoms with Crippen LogP contribution in [0.1, 0.15) is 49.4 Å². The van der Waals surface area contributed by atoms with E-state index < -0.39 is 6.10 Å². The highest BCUT2D eigenvalue weighted by molar-refractivity contribution is 6.30. The van der Waals surface area contributed by atoms with Crippen molar-refractivity contribution in [2.24, 2.45) is 0 Å². The lowest BCUT2D eigenvalue weighted by molar-refractivity contribution is -0.128. The summed E-state index contributed by atoms with van der Waals surface area (Å²) < 4.78 is 5.84. The van der Waals surface area contributed by atoms with Gasteiger partial charge in [0.1, 0.15) is 5.75 Å². The molecular formula is C21H26ClNO2. The Morgan fingerprint density at radius 1 is 1.08 bits per heavy atom. The minimum atomic E-state index is -0.527. The summed E-state index contributed by atoms with van der Waals surface area (Å²) in [6.07, 6.45) is 0.895. The van der Waals surface area contributed by atoms with E-state index in [0.29, 0.717) is 17.2 Å². The number of nitrogens with one attached hydrogen (secondary N) is 1. The number of carbonyl (C=O) groups is 1. The molecule has 0 aromatic heterocycles. The Labute approximate surface area is 155 Å². The highest BCUT2D eigenvalue weighted by atomic mass is 35.5. The predicted octanol–water partition coefficient (Wildman–Crippen LogP) is 5.38. The quantitative estimate of drug-likeness (QED) is 0.720. The molecule has 2 rings (SSSR count). The Bertz CT molecular complexity index is 712. The highest BCUT2D eigenvalue weighted by Crippen LogP contribution is 2.23. The fourth-order valence-electron chi connectivity index (χ4n) is 2.88. The Morgan fingerprint density at radius 3 is 2.32 bits per heavy atom. The monoisotopic (exact) mass is 359 g/mol. The molecule has 2 atom stereocenters.